The lowest BCUT2D eigenvalue weighted by molar-refractivity contribution is -0.130. The highest BCUT2D eigenvalue weighted by atomic mass is 16.3. The van der Waals surface area contributed by atoms with Gasteiger partial charge in [-0.05, 0) is 26.7 Å². The van der Waals surface area contributed by atoms with Crippen molar-refractivity contribution in [3.05, 3.63) is 0 Å². The van der Waals surface area contributed by atoms with Crippen molar-refractivity contribution in [2.24, 2.45) is 0 Å². The molecular formula is C13H26N2O2. The standard InChI is InChI=1S/C13H26N2O2/c1-3-15(4-2)13(17)9-10-14-11-7-5-6-8-12(11)16/h11-12,14,16H,3-10H2,1-2H3. The van der Waals surface area contributed by atoms with Gasteiger partial charge in [0, 0.05) is 32.1 Å². The molecule has 2 atom stereocenters. The summed E-state index contributed by atoms with van der Waals surface area (Å²) >= 11 is 0. The van der Waals surface area contributed by atoms with Gasteiger partial charge in [0.25, 0.3) is 0 Å². The number of carbonyl (C=O) groups is 1. The van der Waals surface area contributed by atoms with Crippen molar-refractivity contribution in [3.8, 4) is 0 Å². The second kappa shape index (κ2) is 7.67. The molecule has 0 radical (unpaired) electrons. The largest absolute Gasteiger partial charge is 0.392 e. The number of aliphatic hydroxyl groups excluding tert-OH is 1. The first kappa shape index (κ1) is 14.5. The van der Waals surface area contributed by atoms with Crippen molar-refractivity contribution in [3.63, 3.8) is 0 Å². The van der Waals surface area contributed by atoms with Crippen LogP contribution in [0, 0.1) is 0 Å². The van der Waals surface area contributed by atoms with Crippen LogP contribution in [0.2, 0.25) is 0 Å². The highest BCUT2D eigenvalue weighted by molar-refractivity contribution is 5.76. The van der Waals surface area contributed by atoms with E-state index in [9.17, 15) is 9.90 Å². The minimum Gasteiger partial charge on any atom is -0.392 e. The van der Waals surface area contributed by atoms with Crippen molar-refractivity contribution >= 4 is 5.91 Å². The number of nitrogens with zero attached hydrogens (tertiary/aromatic N) is 1. The molecule has 1 fully saturated rings. The Morgan fingerprint density at radius 1 is 1.29 bits per heavy atom. The Morgan fingerprint density at radius 3 is 2.53 bits per heavy atom. The number of amides is 1. The van der Waals surface area contributed by atoms with E-state index in [4.69, 9.17) is 0 Å². The smallest absolute Gasteiger partial charge is 0.223 e. The molecule has 4 nitrogen and oxygen atoms in total. The first-order valence-corrected chi connectivity index (χ1v) is 6.88. The lowest BCUT2D eigenvalue weighted by Crippen LogP contribution is -2.43. The van der Waals surface area contributed by atoms with E-state index < -0.39 is 0 Å². The van der Waals surface area contributed by atoms with Gasteiger partial charge < -0.3 is 15.3 Å². The van der Waals surface area contributed by atoms with Crippen LogP contribution in [0.4, 0.5) is 0 Å². The molecule has 1 aliphatic carbocycles. The fourth-order valence-electron chi connectivity index (χ4n) is 2.45. The first-order chi connectivity index (χ1) is 8.19. The molecule has 0 aromatic heterocycles. The van der Waals surface area contributed by atoms with Gasteiger partial charge >= 0.3 is 0 Å². The molecule has 17 heavy (non-hydrogen) atoms. The number of nitrogens with one attached hydrogen (secondary N) is 1. The van der Waals surface area contributed by atoms with Crippen LogP contribution in [0.3, 0.4) is 0 Å². The molecule has 1 rings (SSSR count). The highest BCUT2D eigenvalue weighted by Gasteiger charge is 2.22. The molecule has 2 unspecified atom stereocenters. The van der Waals surface area contributed by atoms with E-state index in [0.717, 1.165) is 32.4 Å². The molecule has 0 saturated heterocycles. The fraction of sp³-hybridized carbons (Fsp3) is 0.923. The highest BCUT2D eigenvalue weighted by Crippen LogP contribution is 2.18. The topological polar surface area (TPSA) is 52.6 Å². The lowest BCUT2D eigenvalue weighted by Gasteiger charge is -2.28. The molecule has 2 N–H and O–H groups in total. The molecule has 0 aromatic carbocycles. The second-order valence-corrected chi connectivity index (χ2v) is 4.73. The molecular weight excluding hydrogens is 216 g/mol. The fourth-order valence-corrected chi connectivity index (χ4v) is 2.45. The van der Waals surface area contributed by atoms with Gasteiger partial charge in [0.15, 0.2) is 0 Å². The summed E-state index contributed by atoms with van der Waals surface area (Å²) in [7, 11) is 0. The number of aliphatic hydroxyl groups is 1. The zero-order valence-corrected chi connectivity index (χ0v) is 11.1. The third-order valence-corrected chi connectivity index (χ3v) is 3.59. The lowest BCUT2D eigenvalue weighted by atomic mass is 9.92. The summed E-state index contributed by atoms with van der Waals surface area (Å²) in [5, 5.41) is 13.1. The number of carbonyl (C=O) groups excluding carboxylic acids is 1. The van der Waals surface area contributed by atoms with Crippen molar-refractivity contribution in [2.45, 2.75) is 58.1 Å². The Bertz CT molecular complexity index is 229. The van der Waals surface area contributed by atoms with Gasteiger partial charge in [0.05, 0.1) is 6.10 Å². The first-order valence-electron chi connectivity index (χ1n) is 6.88. The Labute approximate surface area is 104 Å². The van der Waals surface area contributed by atoms with Crippen LogP contribution >= 0.6 is 0 Å². The van der Waals surface area contributed by atoms with Gasteiger partial charge in [-0.1, -0.05) is 12.8 Å². The van der Waals surface area contributed by atoms with E-state index in [2.05, 4.69) is 5.32 Å². The summed E-state index contributed by atoms with van der Waals surface area (Å²) in [6.45, 7) is 6.24. The summed E-state index contributed by atoms with van der Waals surface area (Å²) < 4.78 is 0. The minimum atomic E-state index is -0.229. The van der Waals surface area contributed by atoms with Crippen LogP contribution in [0.1, 0.15) is 46.0 Å². The predicted molar refractivity (Wildman–Crippen MR) is 68.8 cm³/mol. The molecule has 4 heteroatoms. The zero-order chi connectivity index (χ0) is 12.7. The Hall–Kier alpha value is -0.610. The third kappa shape index (κ3) is 4.64. The zero-order valence-electron chi connectivity index (χ0n) is 11.1. The molecule has 1 aliphatic rings. The molecule has 0 bridgehead atoms. The molecule has 1 saturated carbocycles. The van der Waals surface area contributed by atoms with Gasteiger partial charge in [-0.3, -0.25) is 4.79 Å². The monoisotopic (exact) mass is 242 g/mol. The maximum Gasteiger partial charge on any atom is 0.223 e. The number of hydrogen-bond donors (Lipinski definition) is 2. The Balaban J connectivity index is 2.20. The van der Waals surface area contributed by atoms with Gasteiger partial charge in [-0.15, -0.1) is 0 Å². The van der Waals surface area contributed by atoms with Gasteiger partial charge in [0.1, 0.15) is 0 Å². The minimum absolute atomic E-state index is 0.188. The molecule has 0 aromatic rings. The van der Waals surface area contributed by atoms with Crippen molar-refractivity contribution in [1.82, 2.24) is 10.2 Å². The number of hydrogen-bond acceptors (Lipinski definition) is 3. The summed E-state index contributed by atoms with van der Waals surface area (Å²) in [6.07, 6.45) is 4.52. The predicted octanol–water partition coefficient (Wildman–Crippen LogP) is 1.14. The number of rotatable bonds is 6. The van der Waals surface area contributed by atoms with Crippen LogP contribution in [0.5, 0.6) is 0 Å². The van der Waals surface area contributed by atoms with E-state index >= 15 is 0 Å². The van der Waals surface area contributed by atoms with Crippen LogP contribution in [0.15, 0.2) is 0 Å². The van der Waals surface area contributed by atoms with Gasteiger partial charge in [-0.25, -0.2) is 0 Å². The van der Waals surface area contributed by atoms with E-state index in [1.807, 2.05) is 18.7 Å². The normalized spacial score (nSPS) is 24.6. The van der Waals surface area contributed by atoms with E-state index in [1.54, 1.807) is 0 Å². The molecule has 100 valence electrons. The molecule has 0 aliphatic heterocycles. The van der Waals surface area contributed by atoms with E-state index in [-0.39, 0.29) is 18.1 Å². The van der Waals surface area contributed by atoms with Crippen molar-refractivity contribution in [2.75, 3.05) is 19.6 Å². The SMILES string of the molecule is CCN(CC)C(=O)CCNC1CCCCC1O. The quantitative estimate of drug-likeness (QED) is 0.734. The average Bonchev–Trinajstić information content (AvgIpc) is 2.33. The third-order valence-electron chi connectivity index (χ3n) is 3.59. The van der Waals surface area contributed by atoms with E-state index in [1.165, 1.54) is 6.42 Å². The van der Waals surface area contributed by atoms with Crippen LogP contribution in [-0.2, 0) is 4.79 Å². The Kier molecular flexibility index (Phi) is 6.52. The van der Waals surface area contributed by atoms with E-state index in [0.29, 0.717) is 13.0 Å². The van der Waals surface area contributed by atoms with Gasteiger partial charge in [-0.2, -0.15) is 0 Å². The summed E-state index contributed by atoms with van der Waals surface area (Å²) in [5.41, 5.74) is 0. The van der Waals surface area contributed by atoms with Crippen molar-refractivity contribution in [1.29, 1.82) is 0 Å². The second-order valence-electron chi connectivity index (χ2n) is 4.73. The van der Waals surface area contributed by atoms with Crippen LogP contribution in [-0.4, -0.2) is 47.7 Å². The maximum atomic E-state index is 11.8. The summed E-state index contributed by atoms with van der Waals surface area (Å²) in [6, 6.07) is 0.188. The summed E-state index contributed by atoms with van der Waals surface area (Å²) in [4.78, 5) is 13.6. The summed E-state index contributed by atoms with van der Waals surface area (Å²) in [5.74, 6) is 0.202. The maximum absolute atomic E-state index is 11.8. The molecule has 1 amide bonds. The Morgan fingerprint density at radius 2 is 1.94 bits per heavy atom. The molecule has 0 heterocycles. The van der Waals surface area contributed by atoms with Crippen molar-refractivity contribution < 1.29 is 9.90 Å². The van der Waals surface area contributed by atoms with Crippen LogP contribution in [0.25, 0.3) is 0 Å². The average molecular weight is 242 g/mol. The van der Waals surface area contributed by atoms with Gasteiger partial charge in [0.2, 0.25) is 5.91 Å². The molecule has 0 spiro atoms. The van der Waals surface area contributed by atoms with Crippen LogP contribution < -0.4 is 5.32 Å².